The van der Waals surface area contributed by atoms with Crippen LogP contribution in [0.5, 0.6) is 5.75 Å². The van der Waals surface area contributed by atoms with Crippen molar-refractivity contribution in [2.24, 2.45) is 22.2 Å². The van der Waals surface area contributed by atoms with Gasteiger partial charge in [0.25, 0.3) is 0 Å². The molecule has 2 aromatic carbocycles. The van der Waals surface area contributed by atoms with Crippen LogP contribution in [0, 0.1) is 17.3 Å². The Bertz CT molecular complexity index is 1390. The summed E-state index contributed by atoms with van der Waals surface area (Å²) in [6.45, 7) is 4.00. The van der Waals surface area contributed by atoms with Gasteiger partial charge < -0.3 is 14.8 Å². The molecule has 6 rings (SSSR count). The Balaban J connectivity index is 1.10. The zero-order valence-corrected chi connectivity index (χ0v) is 23.7. The van der Waals surface area contributed by atoms with Gasteiger partial charge in [-0.05, 0) is 98.8 Å². The van der Waals surface area contributed by atoms with Crippen molar-refractivity contribution < 1.29 is 27.5 Å². The SMILES string of the molecule is CC1(C=O)CC(C2C=Nc3cc(OCCN4CCC5(CC4)C(=O)Nc4ccc(Cl)cc45)cc(C(F)(F)F)c3CC2)C1. The smallest absolute Gasteiger partial charge is 0.416 e. The standard InChI is InChI=1S/C31H33ClF3N3O3/c1-29(18-39)15-20(16-29)19-2-4-23-24(31(33,34)35)13-22(14-27(23)36-17-19)41-11-10-38-8-6-30(7-9-38)25-12-21(32)3-5-26(25)37-28(30)40/h3,5,12-14,17-20H,2,4,6-11,15-16H2,1H3,(H,37,40). The van der Waals surface area contributed by atoms with E-state index in [1.165, 1.54) is 0 Å². The highest BCUT2D eigenvalue weighted by atomic mass is 35.5. The monoisotopic (exact) mass is 587 g/mol. The van der Waals surface area contributed by atoms with E-state index in [9.17, 15) is 22.8 Å². The minimum Gasteiger partial charge on any atom is -0.492 e. The Morgan fingerprint density at radius 2 is 1.95 bits per heavy atom. The van der Waals surface area contributed by atoms with E-state index < -0.39 is 17.2 Å². The molecule has 3 aliphatic heterocycles. The Morgan fingerprint density at radius 1 is 1.20 bits per heavy atom. The summed E-state index contributed by atoms with van der Waals surface area (Å²) in [6.07, 6.45) is 1.84. The third-order valence-electron chi connectivity index (χ3n) is 9.55. The van der Waals surface area contributed by atoms with Gasteiger partial charge in [0, 0.05) is 35.0 Å². The number of benzene rings is 2. The molecule has 10 heteroatoms. The largest absolute Gasteiger partial charge is 0.492 e. The zero-order chi connectivity index (χ0) is 29.0. The van der Waals surface area contributed by atoms with Crippen molar-refractivity contribution in [2.45, 2.75) is 57.0 Å². The summed E-state index contributed by atoms with van der Waals surface area (Å²) >= 11 is 6.21. The summed E-state index contributed by atoms with van der Waals surface area (Å²) in [7, 11) is 0. The van der Waals surface area contributed by atoms with E-state index in [0.717, 1.165) is 36.4 Å². The molecule has 41 heavy (non-hydrogen) atoms. The molecule has 0 bridgehead atoms. The predicted molar refractivity (Wildman–Crippen MR) is 151 cm³/mol. The maximum atomic E-state index is 14.1. The van der Waals surface area contributed by atoms with Crippen LogP contribution in [0.15, 0.2) is 35.3 Å². The molecule has 1 spiro atoms. The number of fused-ring (bicyclic) bond motifs is 3. The van der Waals surface area contributed by atoms with Gasteiger partial charge in [-0.2, -0.15) is 13.2 Å². The zero-order valence-electron chi connectivity index (χ0n) is 22.9. The molecule has 1 saturated carbocycles. The highest BCUT2D eigenvalue weighted by Gasteiger charge is 2.48. The molecule has 218 valence electrons. The lowest BCUT2D eigenvalue weighted by Gasteiger charge is -2.44. The van der Waals surface area contributed by atoms with Crippen LogP contribution >= 0.6 is 11.6 Å². The third-order valence-corrected chi connectivity index (χ3v) is 9.79. The van der Waals surface area contributed by atoms with Gasteiger partial charge in [0.2, 0.25) is 5.91 Å². The van der Waals surface area contributed by atoms with E-state index in [0.29, 0.717) is 49.6 Å². The fourth-order valence-electron chi connectivity index (χ4n) is 7.13. The molecule has 0 aromatic heterocycles. The fourth-order valence-corrected chi connectivity index (χ4v) is 7.31. The Labute approximate surface area is 242 Å². The fraction of sp³-hybridized carbons (Fsp3) is 0.516. The van der Waals surface area contributed by atoms with Crippen LogP contribution in [0.4, 0.5) is 24.5 Å². The lowest BCUT2D eigenvalue weighted by atomic mass is 9.59. The highest BCUT2D eigenvalue weighted by molar-refractivity contribution is 6.31. The molecule has 2 fully saturated rings. The van der Waals surface area contributed by atoms with Crippen molar-refractivity contribution in [3.05, 3.63) is 52.0 Å². The predicted octanol–water partition coefficient (Wildman–Crippen LogP) is 6.60. The van der Waals surface area contributed by atoms with Crippen molar-refractivity contribution in [3.8, 4) is 5.75 Å². The first-order valence-corrected chi connectivity index (χ1v) is 14.6. The molecule has 1 N–H and O–H groups in total. The van der Waals surface area contributed by atoms with Crippen molar-refractivity contribution >= 4 is 41.4 Å². The van der Waals surface area contributed by atoms with Crippen LogP contribution in [0.2, 0.25) is 5.02 Å². The molecule has 1 saturated heterocycles. The molecular formula is C31H33ClF3N3O3. The average Bonchev–Trinajstić information content (AvgIpc) is 3.04. The number of alkyl halides is 3. The number of likely N-dealkylation sites (tertiary alicyclic amines) is 1. The second-order valence-electron chi connectivity index (χ2n) is 12.3. The van der Waals surface area contributed by atoms with Crippen molar-refractivity contribution in [1.29, 1.82) is 0 Å². The first-order chi connectivity index (χ1) is 19.5. The van der Waals surface area contributed by atoms with E-state index in [1.54, 1.807) is 18.3 Å². The lowest BCUT2D eigenvalue weighted by molar-refractivity contribution is -0.138. The lowest BCUT2D eigenvalue weighted by Crippen LogP contribution is -2.47. The number of carbonyl (C=O) groups excluding carboxylic acids is 2. The number of anilines is 1. The quantitative estimate of drug-likeness (QED) is 0.387. The molecule has 4 aliphatic rings. The van der Waals surface area contributed by atoms with Crippen LogP contribution < -0.4 is 10.1 Å². The number of nitrogens with one attached hydrogen (secondary N) is 1. The Kier molecular flexibility index (Phi) is 7.17. The molecule has 3 heterocycles. The van der Waals surface area contributed by atoms with E-state index in [4.69, 9.17) is 16.3 Å². The number of halogens is 4. The summed E-state index contributed by atoms with van der Waals surface area (Å²) in [5.41, 5.74) is 0.633. The summed E-state index contributed by atoms with van der Waals surface area (Å²) in [5, 5.41) is 3.57. The number of carbonyl (C=O) groups is 2. The highest BCUT2D eigenvalue weighted by Crippen LogP contribution is 2.50. The van der Waals surface area contributed by atoms with Crippen molar-refractivity contribution in [1.82, 2.24) is 4.90 Å². The average molecular weight is 588 g/mol. The number of aldehydes is 1. The number of ether oxygens (including phenoxy) is 1. The van der Waals surface area contributed by atoms with Gasteiger partial charge in [0.15, 0.2) is 0 Å². The van der Waals surface area contributed by atoms with E-state index in [-0.39, 0.29) is 47.5 Å². The maximum Gasteiger partial charge on any atom is 0.416 e. The van der Waals surface area contributed by atoms with Gasteiger partial charge >= 0.3 is 6.18 Å². The number of amides is 1. The van der Waals surface area contributed by atoms with Crippen molar-refractivity contribution in [2.75, 3.05) is 31.6 Å². The summed E-state index contributed by atoms with van der Waals surface area (Å²) in [4.78, 5) is 30.8. The molecule has 1 aliphatic carbocycles. The van der Waals surface area contributed by atoms with Crippen LogP contribution in [0.25, 0.3) is 0 Å². The number of hydrogen-bond donors (Lipinski definition) is 1. The van der Waals surface area contributed by atoms with Gasteiger partial charge in [-0.15, -0.1) is 0 Å². The number of rotatable bonds is 6. The van der Waals surface area contributed by atoms with Crippen LogP contribution in [0.1, 0.15) is 55.7 Å². The summed E-state index contributed by atoms with van der Waals surface area (Å²) in [6, 6.07) is 8.16. The van der Waals surface area contributed by atoms with Crippen LogP contribution in [-0.2, 0) is 27.6 Å². The maximum absolute atomic E-state index is 14.1. The van der Waals surface area contributed by atoms with E-state index >= 15 is 0 Å². The van der Waals surface area contributed by atoms with Gasteiger partial charge in [-0.25, -0.2) is 0 Å². The van der Waals surface area contributed by atoms with Gasteiger partial charge in [-0.3, -0.25) is 14.7 Å². The number of aliphatic imine (C=N–C) groups is 1. The molecule has 1 atom stereocenters. The first-order valence-electron chi connectivity index (χ1n) is 14.2. The van der Waals surface area contributed by atoms with Crippen molar-refractivity contribution in [3.63, 3.8) is 0 Å². The second-order valence-corrected chi connectivity index (χ2v) is 12.7. The molecule has 6 nitrogen and oxygen atoms in total. The minimum absolute atomic E-state index is 0.00631. The van der Waals surface area contributed by atoms with E-state index in [1.807, 2.05) is 19.1 Å². The Morgan fingerprint density at radius 3 is 2.66 bits per heavy atom. The Hall–Kier alpha value is -2.91. The van der Waals surface area contributed by atoms with E-state index in [2.05, 4.69) is 15.2 Å². The van der Waals surface area contributed by atoms with Gasteiger partial charge in [0.1, 0.15) is 18.6 Å². The number of piperidine rings is 1. The van der Waals surface area contributed by atoms with Crippen LogP contribution in [0.3, 0.4) is 0 Å². The topological polar surface area (TPSA) is 71.0 Å². The summed E-state index contributed by atoms with van der Waals surface area (Å²) in [5.74, 6) is 0.454. The minimum atomic E-state index is -4.52. The number of nitrogens with zero attached hydrogens (tertiary/aromatic N) is 2. The summed E-state index contributed by atoms with van der Waals surface area (Å²) < 4.78 is 48.1. The molecular weight excluding hydrogens is 555 g/mol. The first kappa shape index (κ1) is 28.2. The van der Waals surface area contributed by atoms with Gasteiger partial charge in [0.05, 0.1) is 16.7 Å². The third kappa shape index (κ3) is 5.27. The molecule has 2 aromatic rings. The molecule has 1 unspecified atom stereocenters. The second kappa shape index (κ2) is 10.4. The van der Waals surface area contributed by atoms with Crippen LogP contribution in [-0.4, -0.2) is 49.5 Å². The van der Waals surface area contributed by atoms with Gasteiger partial charge in [-0.1, -0.05) is 18.5 Å². The normalized spacial score (nSPS) is 27.0. The number of hydrogen-bond acceptors (Lipinski definition) is 5. The molecule has 1 amide bonds. The molecule has 0 radical (unpaired) electrons.